The Labute approximate surface area is 317 Å². The van der Waals surface area contributed by atoms with Crippen molar-refractivity contribution in [2.24, 2.45) is 16.9 Å². The van der Waals surface area contributed by atoms with Gasteiger partial charge in [-0.05, 0) is 38.1 Å². The highest BCUT2D eigenvalue weighted by molar-refractivity contribution is 6.05. The summed E-state index contributed by atoms with van der Waals surface area (Å²) in [7, 11) is 0. The molecule has 19 nitrogen and oxygen atoms in total. The Morgan fingerprint density at radius 3 is 1.45 bits per heavy atom. The quantitative estimate of drug-likeness (QED) is 0.153. The average Bonchev–Trinajstić information content (AvgIpc) is 3.86. The number of aryl methyl sites for hydroxylation is 4. The first-order valence-electron chi connectivity index (χ1n) is 17.6. The number of oxazole rings is 2. The lowest BCUT2D eigenvalue weighted by molar-refractivity contribution is 0.0321. The molecule has 4 aromatic heterocycles. The largest absolute Gasteiger partial charge is 0.490 e. The van der Waals surface area contributed by atoms with Gasteiger partial charge in [0.15, 0.2) is 11.8 Å². The van der Waals surface area contributed by atoms with Crippen molar-refractivity contribution in [3.05, 3.63) is 82.2 Å². The van der Waals surface area contributed by atoms with Crippen LogP contribution >= 0.6 is 0 Å². The number of primary amides is 2. The fraction of sp³-hybridized carbons (Fsp3) is 0.297. The van der Waals surface area contributed by atoms with Gasteiger partial charge in [0.1, 0.15) is 22.5 Å². The van der Waals surface area contributed by atoms with Gasteiger partial charge in [-0.2, -0.15) is 0 Å². The first kappa shape index (κ1) is 36.0. The number of hydrogen-bond acceptors (Lipinski definition) is 13. The van der Waals surface area contributed by atoms with Crippen LogP contribution in [0.4, 0.5) is 11.9 Å². The molecule has 6 aromatic rings. The van der Waals surface area contributed by atoms with E-state index in [0.29, 0.717) is 69.8 Å². The number of nitrogens with zero attached hydrogens (tertiary/aromatic N) is 6. The molecule has 4 amide bonds. The van der Waals surface area contributed by atoms with Crippen LogP contribution in [0.15, 0.2) is 45.3 Å². The molecule has 0 bridgehead atoms. The molecule has 2 aromatic carbocycles. The zero-order valence-corrected chi connectivity index (χ0v) is 30.8. The highest BCUT2D eigenvalue weighted by Gasteiger charge is 2.40. The van der Waals surface area contributed by atoms with Gasteiger partial charge in [0.2, 0.25) is 35.2 Å². The monoisotopic (exact) mass is 763 g/mol. The number of ether oxygens (including phenoxy) is 2. The Kier molecular flexibility index (Phi) is 8.79. The summed E-state index contributed by atoms with van der Waals surface area (Å²) in [4.78, 5) is 69.8. The number of anilines is 2. The van der Waals surface area contributed by atoms with Crippen molar-refractivity contribution in [3.8, 4) is 11.5 Å². The van der Waals surface area contributed by atoms with Gasteiger partial charge in [0, 0.05) is 51.2 Å². The van der Waals surface area contributed by atoms with E-state index in [1.165, 1.54) is 12.1 Å². The molecule has 6 heterocycles. The first-order chi connectivity index (χ1) is 26.8. The predicted octanol–water partition coefficient (Wildman–Crippen LogP) is 2.92. The molecule has 1 saturated heterocycles. The van der Waals surface area contributed by atoms with E-state index in [-0.39, 0.29) is 60.8 Å². The summed E-state index contributed by atoms with van der Waals surface area (Å²) in [5.41, 5.74) is 13.7. The van der Waals surface area contributed by atoms with Crippen LogP contribution in [-0.2, 0) is 13.1 Å². The van der Waals surface area contributed by atoms with Crippen LogP contribution in [-0.4, -0.2) is 79.0 Å². The van der Waals surface area contributed by atoms with Gasteiger partial charge in [-0.25, -0.2) is 19.9 Å². The molecule has 288 valence electrons. The summed E-state index contributed by atoms with van der Waals surface area (Å²) in [6.07, 6.45) is 3.65. The highest BCUT2D eigenvalue weighted by atomic mass is 16.5. The molecule has 2 aliphatic rings. The maximum absolute atomic E-state index is 13.5. The summed E-state index contributed by atoms with van der Waals surface area (Å²) in [6.45, 7) is 8.19. The average molecular weight is 764 g/mol. The van der Waals surface area contributed by atoms with Gasteiger partial charge < -0.3 is 44.2 Å². The number of aromatic nitrogens is 6. The minimum absolute atomic E-state index is 0.0244. The molecule has 7 N–H and O–H groups in total. The van der Waals surface area contributed by atoms with Crippen molar-refractivity contribution in [3.63, 3.8) is 0 Å². The number of rotatable bonds is 6. The third-order valence-corrected chi connectivity index (χ3v) is 9.66. The fourth-order valence-corrected chi connectivity index (χ4v) is 6.86. The zero-order valence-electron chi connectivity index (χ0n) is 30.8. The first-order valence-corrected chi connectivity index (χ1v) is 17.6. The van der Waals surface area contributed by atoms with E-state index >= 15 is 0 Å². The molecular weight excluding hydrogens is 726 g/mol. The van der Waals surface area contributed by atoms with Crippen LogP contribution in [0.5, 0.6) is 11.5 Å². The van der Waals surface area contributed by atoms with E-state index in [9.17, 15) is 19.2 Å². The van der Waals surface area contributed by atoms with Crippen LogP contribution in [0.3, 0.4) is 0 Å². The maximum Gasteiger partial charge on any atom is 0.295 e. The van der Waals surface area contributed by atoms with E-state index in [1.54, 1.807) is 49.0 Å². The number of allylic oxidation sites excluding steroid dienone is 2. The second-order valence-electron chi connectivity index (χ2n) is 13.9. The number of carbonyl (C=O) groups is 4. The van der Waals surface area contributed by atoms with Crippen molar-refractivity contribution in [2.75, 3.05) is 36.9 Å². The van der Waals surface area contributed by atoms with Crippen LogP contribution in [0, 0.1) is 33.1 Å². The van der Waals surface area contributed by atoms with E-state index < -0.39 is 29.0 Å². The van der Waals surface area contributed by atoms with E-state index in [1.807, 2.05) is 12.2 Å². The second kappa shape index (κ2) is 13.7. The van der Waals surface area contributed by atoms with Crippen molar-refractivity contribution >= 4 is 57.6 Å². The van der Waals surface area contributed by atoms with Crippen molar-refractivity contribution in [1.29, 1.82) is 0 Å². The van der Waals surface area contributed by atoms with Gasteiger partial charge in [0.05, 0.1) is 41.1 Å². The number of nitrogens with two attached hydrogens (primary N) is 2. The summed E-state index contributed by atoms with van der Waals surface area (Å²) < 4.78 is 27.6. The lowest BCUT2D eigenvalue weighted by Gasteiger charge is -2.41. The molecule has 8 rings (SSSR count). The Hall–Kier alpha value is -7.02. The maximum atomic E-state index is 13.5. The molecule has 1 fully saturated rings. The van der Waals surface area contributed by atoms with E-state index in [0.717, 1.165) is 0 Å². The molecular formula is C37H37N11O8. The molecule has 1 spiro atoms. The van der Waals surface area contributed by atoms with Crippen molar-refractivity contribution in [2.45, 2.75) is 40.8 Å². The van der Waals surface area contributed by atoms with Gasteiger partial charge in [0.25, 0.3) is 11.8 Å². The number of nitrogens with one attached hydrogen (secondary N) is 3. The minimum atomic E-state index is -0.691. The topological polar surface area (TPSA) is 263 Å². The molecule has 0 atom stereocenters. The summed E-state index contributed by atoms with van der Waals surface area (Å²) in [5, 5.41) is 8.95. The van der Waals surface area contributed by atoms with Gasteiger partial charge in [-0.1, -0.05) is 12.2 Å². The Morgan fingerprint density at radius 2 is 1.11 bits per heavy atom. The summed E-state index contributed by atoms with van der Waals surface area (Å²) in [5.74, 6) is -0.929. The third kappa shape index (κ3) is 6.46. The molecule has 0 saturated carbocycles. The normalized spacial score (nSPS) is 15.6. The van der Waals surface area contributed by atoms with Crippen LogP contribution in [0.1, 0.15) is 65.0 Å². The fourth-order valence-electron chi connectivity index (χ4n) is 6.86. The smallest absolute Gasteiger partial charge is 0.295 e. The number of carbonyl (C=O) groups excluding carboxylic acids is 4. The second-order valence-corrected chi connectivity index (χ2v) is 13.9. The third-order valence-electron chi connectivity index (χ3n) is 9.66. The van der Waals surface area contributed by atoms with E-state index in [2.05, 4.69) is 25.9 Å². The Bertz CT molecular complexity index is 2470. The number of benzene rings is 2. The van der Waals surface area contributed by atoms with Gasteiger partial charge >= 0.3 is 0 Å². The molecule has 0 unspecified atom stereocenters. The number of hydrogen-bond donors (Lipinski definition) is 5. The number of amides is 4. The molecule has 56 heavy (non-hydrogen) atoms. The molecule has 0 aliphatic carbocycles. The number of imidazole rings is 2. The summed E-state index contributed by atoms with van der Waals surface area (Å²) >= 11 is 0. The summed E-state index contributed by atoms with van der Waals surface area (Å²) in [6, 6.07) is 6.16. The minimum Gasteiger partial charge on any atom is -0.490 e. The van der Waals surface area contributed by atoms with Crippen molar-refractivity contribution in [1.82, 2.24) is 34.4 Å². The lowest BCUT2D eigenvalue weighted by atomic mass is 9.83. The van der Waals surface area contributed by atoms with Crippen LogP contribution < -0.4 is 36.9 Å². The Balaban J connectivity index is 1.26. The highest BCUT2D eigenvalue weighted by Crippen LogP contribution is 2.36. The standard InChI is InChI=1S/C37H37N11O8/c1-17-29(55-19(3)41-17)33(51)45-35-43-23-9-21(31(38)49)11-25-27(23)47(35)7-5-6-8-48-28-24(44-36(48)46-34(52)30-18(2)42-20(4)56-30)10-22(32(39)50)12-26(28)54-16-37(15-53-25)13-40-14-37/h5-6,9-12,40H,7-8,13-16H2,1-4H3,(H2,38,49)(H2,39,50)(H,43,45,51)(H,44,46,52)/b6-5-. The van der Waals surface area contributed by atoms with Gasteiger partial charge in [-0.3, -0.25) is 29.8 Å². The van der Waals surface area contributed by atoms with Gasteiger partial charge in [-0.15, -0.1) is 0 Å². The van der Waals surface area contributed by atoms with E-state index in [4.69, 9.17) is 39.7 Å². The van der Waals surface area contributed by atoms with Crippen LogP contribution in [0.2, 0.25) is 0 Å². The van der Waals surface area contributed by atoms with Crippen molar-refractivity contribution < 1.29 is 37.5 Å². The lowest BCUT2D eigenvalue weighted by Crippen LogP contribution is -2.59. The molecule has 2 aliphatic heterocycles. The SMILES string of the molecule is Cc1nc(C)c(C(=O)Nc2nc3cc(C(N)=O)cc4c3n2C/C=C\Cn2c(NC(=O)c3oc(C)nc3C)nc3cc(C(N)=O)cc(c32)OCC2(CNC2)CO4)o1. The zero-order chi connectivity index (χ0) is 39.5. The molecule has 0 radical (unpaired) electrons. The molecule has 19 heteroatoms. The van der Waals surface area contributed by atoms with Crippen LogP contribution in [0.25, 0.3) is 22.1 Å². The predicted molar refractivity (Wildman–Crippen MR) is 200 cm³/mol. The Morgan fingerprint density at radius 1 is 0.679 bits per heavy atom.